The molecule has 0 bridgehead atoms. The first-order valence-corrected chi connectivity index (χ1v) is 10.5. The zero-order valence-electron chi connectivity index (χ0n) is 15.5. The number of nitrogens with one attached hydrogen (secondary N) is 1. The van der Waals surface area contributed by atoms with Crippen LogP contribution in [0.1, 0.15) is 24.8 Å². The summed E-state index contributed by atoms with van der Waals surface area (Å²) in [6.07, 6.45) is 7.31. The van der Waals surface area contributed by atoms with Crippen LogP contribution in [-0.2, 0) is 6.54 Å². The molecule has 28 heavy (non-hydrogen) atoms. The molecule has 5 rings (SSSR count). The molecule has 0 unspecified atom stereocenters. The fourth-order valence-corrected chi connectivity index (χ4v) is 4.64. The van der Waals surface area contributed by atoms with Crippen molar-refractivity contribution in [3.63, 3.8) is 0 Å². The van der Waals surface area contributed by atoms with E-state index in [9.17, 15) is 4.79 Å². The molecule has 2 aliphatic rings. The first-order valence-electron chi connectivity index (χ1n) is 9.60. The van der Waals surface area contributed by atoms with Gasteiger partial charge in [-0.25, -0.2) is 9.78 Å². The van der Waals surface area contributed by atoms with Crippen LogP contribution in [-0.4, -0.2) is 29.1 Å². The van der Waals surface area contributed by atoms with Gasteiger partial charge in [0.05, 0.1) is 12.2 Å². The lowest BCUT2D eigenvalue weighted by Gasteiger charge is -2.32. The third-order valence-electron chi connectivity index (χ3n) is 5.32. The van der Waals surface area contributed by atoms with Gasteiger partial charge in [-0.3, -0.25) is 9.88 Å². The summed E-state index contributed by atoms with van der Waals surface area (Å²) >= 11 is 1.48. The van der Waals surface area contributed by atoms with Crippen LogP contribution < -0.4 is 15.1 Å². The van der Waals surface area contributed by atoms with Gasteiger partial charge in [-0.05, 0) is 55.2 Å². The van der Waals surface area contributed by atoms with Gasteiger partial charge in [0.15, 0.2) is 5.13 Å². The lowest BCUT2D eigenvalue weighted by atomic mass is 10.1. The molecule has 0 radical (unpaired) electrons. The minimum Gasteiger partial charge on any atom is -0.372 e. The van der Waals surface area contributed by atoms with Gasteiger partial charge in [-0.1, -0.05) is 0 Å². The molecule has 1 N–H and O–H groups in total. The highest BCUT2D eigenvalue weighted by molar-refractivity contribution is 7.14. The number of fused-ring (bicyclic) bond motifs is 1. The van der Waals surface area contributed by atoms with E-state index in [-0.39, 0.29) is 6.03 Å². The Labute approximate surface area is 167 Å². The number of benzene rings is 1. The summed E-state index contributed by atoms with van der Waals surface area (Å²) in [6, 6.07) is 10.1. The Morgan fingerprint density at radius 1 is 1.04 bits per heavy atom. The molecule has 1 aromatic carbocycles. The number of hydrogen-bond donors (Lipinski definition) is 1. The lowest BCUT2D eigenvalue weighted by molar-refractivity contribution is 0.256. The van der Waals surface area contributed by atoms with E-state index in [0.29, 0.717) is 11.7 Å². The van der Waals surface area contributed by atoms with Gasteiger partial charge in [0.2, 0.25) is 0 Å². The second-order valence-electron chi connectivity index (χ2n) is 7.16. The third kappa shape index (κ3) is 3.22. The Balaban J connectivity index is 1.41. The summed E-state index contributed by atoms with van der Waals surface area (Å²) in [4.78, 5) is 25.5. The van der Waals surface area contributed by atoms with Gasteiger partial charge in [0, 0.05) is 47.8 Å². The summed E-state index contributed by atoms with van der Waals surface area (Å²) < 4.78 is 0. The van der Waals surface area contributed by atoms with Crippen LogP contribution in [0.3, 0.4) is 0 Å². The number of carbonyl (C=O) groups excluding carboxylic acids is 1. The molecule has 0 atom stereocenters. The average Bonchev–Trinajstić information content (AvgIpc) is 3.24. The third-order valence-corrected chi connectivity index (χ3v) is 6.19. The van der Waals surface area contributed by atoms with Crippen molar-refractivity contribution in [1.29, 1.82) is 0 Å². The van der Waals surface area contributed by atoms with Crippen molar-refractivity contribution in [3.05, 3.63) is 53.7 Å². The van der Waals surface area contributed by atoms with E-state index in [2.05, 4.69) is 32.3 Å². The minimum absolute atomic E-state index is 0.131. The smallest absolute Gasteiger partial charge is 0.328 e. The largest absolute Gasteiger partial charge is 0.372 e. The minimum atomic E-state index is -0.131. The molecule has 0 saturated carbocycles. The predicted molar refractivity (Wildman–Crippen MR) is 113 cm³/mol. The molecule has 7 heteroatoms. The zero-order valence-corrected chi connectivity index (χ0v) is 16.3. The summed E-state index contributed by atoms with van der Waals surface area (Å²) in [5.74, 6) is 0. The number of rotatable bonds is 3. The van der Waals surface area contributed by atoms with Crippen molar-refractivity contribution in [2.24, 2.45) is 0 Å². The Bertz CT molecular complexity index is 997. The van der Waals surface area contributed by atoms with Gasteiger partial charge in [0.25, 0.3) is 0 Å². The first-order chi connectivity index (χ1) is 13.8. The molecular formula is C21H21N5OS. The maximum absolute atomic E-state index is 12.7. The quantitative estimate of drug-likeness (QED) is 0.700. The van der Waals surface area contributed by atoms with Crippen LogP contribution >= 0.6 is 11.3 Å². The monoisotopic (exact) mass is 391 g/mol. The molecule has 3 aromatic rings. The van der Waals surface area contributed by atoms with Gasteiger partial charge in [0.1, 0.15) is 0 Å². The van der Waals surface area contributed by atoms with E-state index in [1.54, 1.807) is 17.3 Å². The van der Waals surface area contributed by atoms with Crippen LogP contribution in [0.15, 0.2) is 48.1 Å². The zero-order chi connectivity index (χ0) is 18.9. The highest BCUT2D eigenvalue weighted by Crippen LogP contribution is 2.34. The first kappa shape index (κ1) is 17.2. The topological polar surface area (TPSA) is 61.4 Å². The fourth-order valence-electron chi connectivity index (χ4n) is 3.80. The highest BCUT2D eigenvalue weighted by Gasteiger charge is 2.27. The van der Waals surface area contributed by atoms with Crippen LogP contribution in [0, 0.1) is 0 Å². The number of piperidine rings is 1. The Hall–Kier alpha value is -2.93. The van der Waals surface area contributed by atoms with Crippen LogP contribution in [0.5, 0.6) is 0 Å². The predicted octanol–water partition coefficient (Wildman–Crippen LogP) is 4.75. The van der Waals surface area contributed by atoms with Crippen LogP contribution in [0.25, 0.3) is 11.3 Å². The number of urea groups is 1. The van der Waals surface area contributed by atoms with E-state index in [1.807, 2.05) is 23.6 Å². The van der Waals surface area contributed by atoms with Crippen LogP contribution in [0.4, 0.5) is 21.3 Å². The highest BCUT2D eigenvalue weighted by atomic mass is 32.1. The average molecular weight is 392 g/mol. The number of amides is 2. The van der Waals surface area contributed by atoms with Crippen molar-refractivity contribution in [3.8, 4) is 11.3 Å². The molecule has 142 valence electrons. The van der Waals surface area contributed by atoms with Crippen molar-refractivity contribution in [1.82, 2.24) is 9.97 Å². The van der Waals surface area contributed by atoms with Gasteiger partial charge < -0.3 is 10.2 Å². The summed E-state index contributed by atoms with van der Waals surface area (Å²) in [5, 5.41) is 5.70. The molecular weight excluding hydrogens is 370 g/mol. The van der Waals surface area contributed by atoms with Crippen LogP contribution in [0.2, 0.25) is 0 Å². The molecule has 2 aliphatic heterocycles. The molecule has 0 spiro atoms. The number of anilines is 3. The van der Waals surface area contributed by atoms with Crippen molar-refractivity contribution >= 4 is 33.9 Å². The number of aromatic nitrogens is 2. The number of thiazole rings is 1. The molecule has 1 fully saturated rings. The SMILES string of the molecule is O=C1Nc2ccc(N3CCCCC3)cc2CN1c1nc(-c2ccncc2)cs1. The molecule has 0 aliphatic carbocycles. The normalized spacial score (nSPS) is 16.6. The Morgan fingerprint density at radius 2 is 1.86 bits per heavy atom. The fraction of sp³-hybridized carbons (Fsp3) is 0.286. The van der Waals surface area contributed by atoms with Gasteiger partial charge >= 0.3 is 6.03 Å². The second kappa shape index (κ2) is 7.24. The number of nitrogens with zero attached hydrogens (tertiary/aromatic N) is 4. The molecule has 2 aromatic heterocycles. The van der Waals surface area contributed by atoms with Crippen molar-refractivity contribution in [2.45, 2.75) is 25.8 Å². The standard InChI is InChI=1S/C21H21N5OS/c27-20-23-18-5-4-17(25-10-2-1-3-11-25)12-16(18)13-26(20)21-24-19(14-28-21)15-6-8-22-9-7-15/h4-9,12,14H,1-3,10-11,13H2,(H,23,27). The van der Waals surface area contributed by atoms with Crippen molar-refractivity contribution in [2.75, 3.05) is 28.2 Å². The number of hydrogen-bond acceptors (Lipinski definition) is 5. The van der Waals surface area contributed by atoms with E-state index >= 15 is 0 Å². The van der Waals surface area contributed by atoms with E-state index < -0.39 is 0 Å². The maximum Gasteiger partial charge on any atom is 0.328 e. The van der Waals surface area contributed by atoms with E-state index in [0.717, 1.165) is 35.6 Å². The second-order valence-corrected chi connectivity index (χ2v) is 7.99. The van der Waals surface area contributed by atoms with Gasteiger partial charge in [-0.15, -0.1) is 11.3 Å². The molecule has 1 saturated heterocycles. The number of pyridine rings is 1. The maximum atomic E-state index is 12.7. The molecule has 4 heterocycles. The van der Waals surface area contributed by atoms with Crippen molar-refractivity contribution < 1.29 is 4.79 Å². The van der Waals surface area contributed by atoms with Gasteiger partial charge in [-0.2, -0.15) is 0 Å². The summed E-state index contributed by atoms with van der Waals surface area (Å²) in [5.41, 5.74) is 5.13. The summed E-state index contributed by atoms with van der Waals surface area (Å²) in [7, 11) is 0. The van der Waals surface area contributed by atoms with E-state index in [4.69, 9.17) is 0 Å². The Kier molecular flexibility index (Phi) is 4.44. The Morgan fingerprint density at radius 3 is 2.68 bits per heavy atom. The molecule has 6 nitrogen and oxygen atoms in total. The van der Waals surface area contributed by atoms with E-state index in [1.165, 1.54) is 36.3 Å². The number of carbonyl (C=O) groups is 1. The lowest BCUT2D eigenvalue weighted by Crippen LogP contribution is -2.39. The summed E-state index contributed by atoms with van der Waals surface area (Å²) in [6.45, 7) is 2.75. The molecule has 2 amide bonds.